The molecule has 10 heteroatoms. The van der Waals surface area contributed by atoms with E-state index in [2.05, 4.69) is 6.08 Å². The minimum absolute atomic E-state index is 0.0320. The van der Waals surface area contributed by atoms with Gasteiger partial charge in [0.1, 0.15) is 53.0 Å². The predicted octanol–water partition coefficient (Wildman–Crippen LogP) is 6.44. The van der Waals surface area contributed by atoms with Gasteiger partial charge in [-0.25, -0.2) is 4.79 Å². The van der Waals surface area contributed by atoms with Crippen LogP contribution >= 0.6 is 0 Å². The van der Waals surface area contributed by atoms with Crippen LogP contribution in [0.5, 0.6) is 17.2 Å². The van der Waals surface area contributed by atoms with Gasteiger partial charge in [0.2, 0.25) is 0 Å². The molecule has 1 aliphatic carbocycles. The van der Waals surface area contributed by atoms with Crippen LogP contribution in [-0.2, 0) is 19.1 Å². The van der Waals surface area contributed by atoms with Crippen LogP contribution in [-0.4, -0.2) is 69.0 Å². The lowest BCUT2D eigenvalue weighted by Gasteiger charge is -2.45. The van der Waals surface area contributed by atoms with E-state index in [-0.39, 0.29) is 51.7 Å². The van der Waals surface area contributed by atoms with Crippen molar-refractivity contribution in [1.82, 2.24) is 0 Å². The number of carbonyl (C=O) groups is 3. The summed E-state index contributed by atoms with van der Waals surface area (Å²) in [5.41, 5.74) is -0.287. The Balaban J connectivity index is 1.59. The first-order valence-electron chi connectivity index (χ1n) is 16.6. The standard InChI is InChI=1S/C38H48O10/c1-20(2)11-9-14-38(8)15-13-23-28(40)26-29(41)24-17-22(19-39)18-25(36(4,5)45-16-10-12-21(3)35(43)44)31(24)46-33(26)27(32(23)47-38)30(42)34-37(6,7)48-34/h11-13,15,17,19,22,25,30-31,34,40,42H,9-10,14,16,18H2,1-8H3,(H,43,44)/b21-12-/t22?,25-,30?,31?,34?,38-/m0/s1. The van der Waals surface area contributed by atoms with Gasteiger partial charge in [-0.3, -0.25) is 4.79 Å². The van der Waals surface area contributed by atoms with Crippen LogP contribution in [0, 0.1) is 11.8 Å². The van der Waals surface area contributed by atoms with Gasteiger partial charge < -0.3 is 39.1 Å². The van der Waals surface area contributed by atoms with E-state index >= 15 is 0 Å². The van der Waals surface area contributed by atoms with Gasteiger partial charge in [-0.15, -0.1) is 0 Å². The van der Waals surface area contributed by atoms with Crippen LogP contribution in [0.25, 0.3) is 6.08 Å². The number of epoxide rings is 1. The minimum atomic E-state index is -1.24. The molecule has 0 spiro atoms. The Hall–Kier alpha value is -3.73. The number of ether oxygens (including phenoxy) is 4. The van der Waals surface area contributed by atoms with E-state index in [0.29, 0.717) is 19.3 Å². The van der Waals surface area contributed by atoms with Crippen LogP contribution in [0.2, 0.25) is 0 Å². The quantitative estimate of drug-likeness (QED) is 0.0749. The minimum Gasteiger partial charge on any atom is -0.506 e. The first kappa shape index (κ1) is 35.6. The first-order valence-corrected chi connectivity index (χ1v) is 16.6. The normalized spacial score (nSPS) is 27.7. The van der Waals surface area contributed by atoms with E-state index in [4.69, 9.17) is 18.9 Å². The smallest absolute Gasteiger partial charge is 0.330 e. The molecule has 1 aromatic carbocycles. The highest BCUT2D eigenvalue weighted by atomic mass is 16.6. The van der Waals surface area contributed by atoms with E-state index in [9.17, 15) is 29.7 Å². The van der Waals surface area contributed by atoms with E-state index in [0.717, 1.165) is 12.7 Å². The fourth-order valence-corrected chi connectivity index (χ4v) is 6.98. The highest BCUT2D eigenvalue weighted by Gasteiger charge is 2.56. The molecule has 1 aromatic rings. The van der Waals surface area contributed by atoms with Crippen molar-refractivity contribution in [2.24, 2.45) is 11.8 Å². The van der Waals surface area contributed by atoms with Crippen molar-refractivity contribution in [2.45, 2.75) is 116 Å². The third-order valence-corrected chi connectivity index (χ3v) is 10.00. The van der Waals surface area contributed by atoms with Crippen LogP contribution < -0.4 is 9.47 Å². The number of Topliss-reactive ketones (excluding diaryl/α,β-unsaturated/α-hetero) is 1. The van der Waals surface area contributed by atoms with E-state index in [1.54, 1.807) is 18.2 Å². The van der Waals surface area contributed by atoms with Gasteiger partial charge in [-0.05, 0) is 93.2 Å². The molecule has 4 unspecified atom stereocenters. The van der Waals surface area contributed by atoms with Gasteiger partial charge in [-0.2, -0.15) is 0 Å². The molecule has 48 heavy (non-hydrogen) atoms. The Morgan fingerprint density at radius 2 is 1.83 bits per heavy atom. The highest BCUT2D eigenvalue weighted by molar-refractivity contribution is 6.15. The van der Waals surface area contributed by atoms with Crippen molar-refractivity contribution < 1.29 is 48.7 Å². The van der Waals surface area contributed by atoms with Crippen LogP contribution in [0.1, 0.15) is 109 Å². The van der Waals surface area contributed by atoms with Crippen molar-refractivity contribution in [3.63, 3.8) is 0 Å². The van der Waals surface area contributed by atoms with Crippen molar-refractivity contribution in [3.8, 4) is 17.2 Å². The zero-order valence-electron chi connectivity index (χ0n) is 29.1. The number of carboxylic acids is 1. The predicted molar refractivity (Wildman–Crippen MR) is 179 cm³/mol. The molecule has 3 aliphatic heterocycles. The molecular weight excluding hydrogens is 616 g/mol. The monoisotopic (exact) mass is 664 g/mol. The number of aromatic hydroxyl groups is 1. The second-order valence-corrected chi connectivity index (χ2v) is 14.9. The van der Waals surface area contributed by atoms with E-state index < -0.39 is 58.7 Å². The summed E-state index contributed by atoms with van der Waals surface area (Å²) in [4.78, 5) is 37.8. The third-order valence-electron chi connectivity index (χ3n) is 10.00. The molecule has 5 rings (SSSR count). The summed E-state index contributed by atoms with van der Waals surface area (Å²) in [6, 6.07) is 0. The molecule has 0 saturated carbocycles. The van der Waals surface area contributed by atoms with Crippen LogP contribution in [0.4, 0.5) is 0 Å². The van der Waals surface area contributed by atoms with Gasteiger partial charge in [-0.1, -0.05) is 23.8 Å². The molecule has 0 aromatic heterocycles. The van der Waals surface area contributed by atoms with Crippen molar-refractivity contribution >= 4 is 24.1 Å². The molecule has 3 heterocycles. The summed E-state index contributed by atoms with van der Waals surface area (Å²) in [5.74, 6) is -2.65. The number of aliphatic carboxylic acids is 1. The van der Waals surface area contributed by atoms with E-state index in [1.165, 1.54) is 12.5 Å². The maximum Gasteiger partial charge on any atom is 0.330 e. The summed E-state index contributed by atoms with van der Waals surface area (Å²) in [7, 11) is 0. The van der Waals surface area contributed by atoms with Gasteiger partial charge in [0.05, 0.1) is 28.9 Å². The summed E-state index contributed by atoms with van der Waals surface area (Å²) >= 11 is 0. The Morgan fingerprint density at radius 1 is 1.15 bits per heavy atom. The number of phenolic OH excluding ortho intramolecular Hbond substituents is 1. The molecule has 0 radical (unpaired) electrons. The summed E-state index contributed by atoms with van der Waals surface area (Å²) in [5, 5.41) is 32.8. The SMILES string of the molecule is CC(C)=CCC[C@@]1(C)C=Cc2c(O)c3c(c(C(O)C4OC4(C)C)c2O1)OC1C(=CC(C=O)C[C@@H]1C(C)(C)OCC/C=C(/C)C(=O)O)C3=O. The zero-order valence-corrected chi connectivity index (χ0v) is 29.1. The third kappa shape index (κ3) is 6.75. The van der Waals surface area contributed by atoms with Crippen LogP contribution in [0.3, 0.4) is 0 Å². The van der Waals surface area contributed by atoms with E-state index in [1.807, 2.05) is 54.5 Å². The number of fused-ring (bicyclic) bond motifs is 3. The average Bonchev–Trinajstić information content (AvgIpc) is 3.65. The van der Waals surface area contributed by atoms with Crippen molar-refractivity contribution in [1.29, 1.82) is 0 Å². The number of aliphatic hydroxyl groups is 1. The Morgan fingerprint density at radius 3 is 2.44 bits per heavy atom. The average molecular weight is 665 g/mol. The summed E-state index contributed by atoms with van der Waals surface area (Å²) in [6.45, 7) is 15.1. The lowest BCUT2D eigenvalue weighted by Crippen LogP contribution is -2.51. The van der Waals surface area contributed by atoms with Crippen molar-refractivity contribution in [2.75, 3.05) is 6.61 Å². The van der Waals surface area contributed by atoms with Crippen LogP contribution in [0.15, 0.2) is 41.0 Å². The number of carboxylic acid groups (broad SMARTS) is 1. The number of hydrogen-bond donors (Lipinski definition) is 3. The second kappa shape index (κ2) is 12.9. The molecule has 1 fully saturated rings. The molecule has 6 atom stereocenters. The number of allylic oxidation sites excluding steroid dienone is 3. The Labute approximate surface area is 282 Å². The summed E-state index contributed by atoms with van der Waals surface area (Å²) in [6.07, 6.45) is 9.02. The number of ketones is 1. The van der Waals surface area contributed by atoms with Crippen molar-refractivity contribution in [3.05, 3.63) is 57.7 Å². The van der Waals surface area contributed by atoms with Gasteiger partial charge in [0.25, 0.3) is 0 Å². The zero-order chi connectivity index (χ0) is 35.3. The number of carbonyl (C=O) groups excluding carboxylic acids is 2. The molecule has 3 N–H and O–H groups in total. The fourth-order valence-electron chi connectivity index (χ4n) is 6.98. The topological polar surface area (TPSA) is 152 Å². The Bertz CT molecular complexity index is 1620. The maximum atomic E-state index is 14.4. The number of hydrogen-bond acceptors (Lipinski definition) is 9. The number of benzene rings is 1. The number of aliphatic hydroxyl groups excluding tert-OH is 1. The molecular formula is C38H48O10. The molecule has 0 amide bonds. The number of aldehydes is 1. The lowest BCUT2D eigenvalue weighted by atomic mass is 9.70. The highest BCUT2D eigenvalue weighted by Crippen LogP contribution is 2.57. The van der Waals surface area contributed by atoms with Gasteiger partial charge in [0, 0.05) is 23.0 Å². The first-order chi connectivity index (χ1) is 22.4. The molecule has 10 nitrogen and oxygen atoms in total. The van der Waals surface area contributed by atoms with Gasteiger partial charge in [0.15, 0.2) is 5.78 Å². The molecule has 0 bridgehead atoms. The molecule has 4 aliphatic rings. The lowest BCUT2D eigenvalue weighted by molar-refractivity contribution is -0.132. The summed E-state index contributed by atoms with van der Waals surface area (Å²) < 4.78 is 25.5. The largest absolute Gasteiger partial charge is 0.506 e. The second-order valence-electron chi connectivity index (χ2n) is 14.9. The maximum absolute atomic E-state index is 14.4. The van der Waals surface area contributed by atoms with Gasteiger partial charge >= 0.3 is 5.97 Å². The number of phenols is 1. The molecule has 1 saturated heterocycles. The number of rotatable bonds is 12. The fraction of sp³-hybridized carbons (Fsp3) is 0.553. The molecule has 260 valence electrons. The Kier molecular flexibility index (Phi) is 9.60.